The third-order valence-electron chi connectivity index (χ3n) is 5.30. The predicted molar refractivity (Wildman–Crippen MR) is 114 cm³/mol. The SMILES string of the molecule is N[N+]12C=CN=CC1=C(C1=CC=C1)N=C2c1ccc(C(=C(F)F)c2ccccc2)cc1. The minimum atomic E-state index is -1.72. The Morgan fingerprint density at radius 1 is 0.933 bits per heavy atom. The molecule has 5 rings (SSSR count). The van der Waals surface area contributed by atoms with E-state index in [9.17, 15) is 8.78 Å². The average molecular weight is 399 g/mol. The van der Waals surface area contributed by atoms with E-state index in [4.69, 9.17) is 10.8 Å². The summed E-state index contributed by atoms with van der Waals surface area (Å²) in [6.45, 7) is 0. The molecule has 0 fully saturated rings. The van der Waals surface area contributed by atoms with Crippen molar-refractivity contribution in [1.29, 1.82) is 0 Å². The van der Waals surface area contributed by atoms with Crippen molar-refractivity contribution in [3.05, 3.63) is 125 Å². The Hall–Kier alpha value is -3.74. The Morgan fingerprint density at radius 3 is 2.27 bits per heavy atom. The molecule has 0 amide bonds. The summed E-state index contributed by atoms with van der Waals surface area (Å²) in [7, 11) is 0. The molecule has 1 unspecified atom stereocenters. The fraction of sp³-hybridized carbons (Fsp3) is 0. The largest absolute Gasteiger partial charge is 0.278 e. The van der Waals surface area contributed by atoms with Gasteiger partial charge in [-0.3, -0.25) is 4.99 Å². The van der Waals surface area contributed by atoms with Gasteiger partial charge in [-0.25, -0.2) is 0 Å². The number of aliphatic imine (C=N–C) groups is 2. The molecule has 2 heterocycles. The highest BCUT2D eigenvalue weighted by molar-refractivity contribution is 6.01. The zero-order valence-corrected chi connectivity index (χ0v) is 15.8. The Balaban J connectivity index is 1.54. The lowest BCUT2D eigenvalue weighted by atomic mass is 9.98. The maximum Gasteiger partial charge on any atom is 0.278 e. The molecule has 2 aromatic carbocycles. The van der Waals surface area contributed by atoms with E-state index in [2.05, 4.69) is 4.99 Å². The Kier molecular flexibility index (Phi) is 4.24. The van der Waals surface area contributed by atoms with Gasteiger partial charge < -0.3 is 0 Å². The molecule has 1 atom stereocenters. The van der Waals surface area contributed by atoms with E-state index in [-0.39, 0.29) is 10.2 Å². The zero-order valence-electron chi connectivity index (χ0n) is 15.8. The topological polar surface area (TPSA) is 50.7 Å². The van der Waals surface area contributed by atoms with Gasteiger partial charge in [0.05, 0.1) is 23.6 Å². The van der Waals surface area contributed by atoms with Crippen molar-refractivity contribution in [3.8, 4) is 0 Å². The minimum Gasteiger partial charge on any atom is -0.253 e. The lowest BCUT2D eigenvalue weighted by Gasteiger charge is -2.26. The zero-order chi connectivity index (χ0) is 20.7. The summed E-state index contributed by atoms with van der Waals surface area (Å²) in [6, 6.07) is 15.5. The number of hydrogen-bond acceptors (Lipinski definition) is 3. The van der Waals surface area contributed by atoms with E-state index in [1.165, 1.54) is 0 Å². The van der Waals surface area contributed by atoms with Crippen LogP contribution in [0.4, 0.5) is 8.78 Å². The highest BCUT2D eigenvalue weighted by atomic mass is 19.3. The first-order valence-corrected chi connectivity index (χ1v) is 9.40. The molecule has 0 spiro atoms. The summed E-state index contributed by atoms with van der Waals surface area (Å²) in [5, 5.41) is 0. The molecule has 1 aliphatic carbocycles. The van der Waals surface area contributed by atoms with Crippen molar-refractivity contribution >= 4 is 17.6 Å². The van der Waals surface area contributed by atoms with Crippen LogP contribution in [0.5, 0.6) is 0 Å². The highest BCUT2D eigenvalue weighted by Crippen LogP contribution is 2.36. The van der Waals surface area contributed by atoms with Crippen LogP contribution in [-0.4, -0.2) is 16.6 Å². The average Bonchev–Trinajstić information content (AvgIpc) is 3.01. The smallest absolute Gasteiger partial charge is 0.253 e. The standard InChI is InChI=1S/C24H17F2N4/c25-23(26)21(16-5-2-1-3-6-16)17-9-11-19(12-10-17)24-29-22(18-7-4-8-18)20-15-28-13-14-30(20,24)27/h1-15H,27H2/q+1. The summed E-state index contributed by atoms with van der Waals surface area (Å²) in [5.41, 5.74) is 4.10. The molecule has 146 valence electrons. The van der Waals surface area contributed by atoms with E-state index in [1.54, 1.807) is 73.2 Å². The fourth-order valence-corrected chi connectivity index (χ4v) is 3.72. The van der Waals surface area contributed by atoms with Gasteiger partial charge in [0.1, 0.15) is 11.9 Å². The van der Waals surface area contributed by atoms with Gasteiger partial charge in [0.15, 0.2) is 0 Å². The highest BCUT2D eigenvalue weighted by Gasteiger charge is 2.44. The normalized spacial score (nSPS) is 21.2. The molecule has 2 aromatic rings. The van der Waals surface area contributed by atoms with E-state index in [0.29, 0.717) is 17.0 Å². The third-order valence-corrected chi connectivity index (χ3v) is 5.30. The van der Waals surface area contributed by atoms with Crippen LogP contribution in [-0.2, 0) is 0 Å². The summed E-state index contributed by atoms with van der Waals surface area (Å²) < 4.78 is 27.4. The van der Waals surface area contributed by atoms with Crippen molar-refractivity contribution in [2.24, 2.45) is 15.8 Å². The Labute approximate surface area is 172 Å². The van der Waals surface area contributed by atoms with Crippen LogP contribution >= 0.6 is 0 Å². The molecule has 0 saturated heterocycles. The fourth-order valence-electron chi connectivity index (χ4n) is 3.72. The summed E-state index contributed by atoms with van der Waals surface area (Å²) in [5.74, 6) is 7.29. The van der Waals surface area contributed by atoms with Gasteiger partial charge in [-0.2, -0.15) is 19.6 Å². The van der Waals surface area contributed by atoms with Gasteiger partial charge in [-0.1, -0.05) is 60.7 Å². The second-order valence-electron chi connectivity index (χ2n) is 7.08. The second-order valence-corrected chi connectivity index (χ2v) is 7.08. The number of nitrogens with two attached hydrogens (primary N) is 1. The molecule has 2 N–H and O–H groups in total. The van der Waals surface area contributed by atoms with Crippen molar-refractivity contribution < 1.29 is 13.4 Å². The van der Waals surface area contributed by atoms with Crippen molar-refractivity contribution in [2.45, 2.75) is 0 Å². The molecule has 0 aromatic heterocycles. The van der Waals surface area contributed by atoms with Gasteiger partial charge in [0.2, 0.25) is 5.70 Å². The number of quaternary nitrogens is 1. The lowest BCUT2D eigenvalue weighted by Crippen LogP contribution is -2.53. The summed E-state index contributed by atoms with van der Waals surface area (Å²) in [4.78, 5) is 8.99. The van der Waals surface area contributed by atoms with Crippen LogP contribution in [0.15, 0.2) is 118 Å². The van der Waals surface area contributed by atoms with E-state index in [1.807, 2.05) is 18.2 Å². The van der Waals surface area contributed by atoms with Crippen molar-refractivity contribution in [2.75, 3.05) is 0 Å². The van der Waals surface area contributed by atoms with Gasteiger partial charge in [0.25, 0.3) is 11.9 Å². The number of hydrogen-bond donors (Lipinski definition) is 1. The number of allylic oxidation sites excluding steroid dienone is 4. The van der Waals surface area contributed by atoms with Gasteiger partial charge >= 0.3 is 0 Å². The second kappa shape index (κ2) is 6.95. The number of rotatable bonds is 4. The number of benzene rings is 2. The van der Waals surface area contributed by atoms with E-state index in [0.717, 1.165) is 22.5 Å². The quantitative estimate of drug-likeness (QED) is 0.567. The van der Waals surface area contributed by atoms with Crippen LogP contribution < -0.4 is 5.84 Å². The van der Waals surface area contributed by atoms with Crippen molar-refractivity contribution in [3.63, 3.8) is 0 Å². The number of halogens is 2. The molecular formula is C24H17F2N4+. The Morgan fingerprint density at radius 2 is 1.63 bits per heavy atom. The first-order valence-electron chi connectivity index (χ1n) is 9.40. The monoisotopic (exact) mass is 399 g/mol. The van der Waals surface area contributed by atoms with Crippen molar-refractivity contribution in [1.82, 2.24) is 0 Å². The molecule has 0 radical (unpaired) electrons. The molecule has 30 heavy (non-hydrogen) atoms. The lowest BCUT2D eigenvalue weighted by molar-refractivity contribution is -0.750. The van der Waals surface area contributed by atoms with E-state index >= 15 is 0 Å². The molecular weight excluding hydrogens is 382 g/mol. The third kappa shape index (κ3) is 2.82. The molecule has 6 heteroatoms. The maximum absolute atomic E-state index is 13.7. The number of amidine groups is 1. The predicted octanol–water partition coefficient (Wildman–Crippen LogP) is 5.06. The first kappa shape index (κ1) is 18.3. The summed E-state index contributed by atoms with van der Waals surface area (Å²) in [6.07, 6.45) is 9.26. The Bertz CT molecular complexity index is 1240. The van der Waals surface area contributed by atoms with Gasteiger partial charge in [-0.05, 0) is 23.3 Å². The van der Waals surface area contributed by atoms with Gasteiger partial charge in [0, 0.05) is 5.57 Å². The molecule has 0 bridgehead atoms. The van der Waals surface area contributed by atoms with Crippen LogP contribution in [0.1, 0.15) is 16.7 Å². The van der Waals surface area contributed by atoms with Crippen LogP contribution in [0.25, 0.3) is 5.57 Å². The minimum absolute atomic E-state index is 0.0820. The summed E-state index contributed by atoms with van der Waals surface area (Å²) >= 11 is 0. The molecule has 4 nitrogen and oxygen atoms in total. The van der Waals surface area contributed by atoms with Crippen LogP contribution in [0.2, 0.25) is 0 Å². The molecule has 2 aliphatic heterocycles. The number of nitrogens with zero attached hydrogens (tertiary/aromatic N) is 3. The maximum atomic E-state index is 13.7. The molecule has 0 saturated carbocycles. The number of fused-ring (bicyclic) bond motifs is 1. The van der Waals surface area contributed by atoms with Crippen LogP contribution in [0, 0.1) is 0 Å². The first-order chi connectivity index (χ1) is 14.6. The van der Waals surface area contributed by atoms with Gasteiger partial charge in [-0.15, -0.1) is 4.59 Å². The van der Waals surface area contributed by atoms with Crippen LogP contribution in [0.3, 0.4) is 0 Å². The molecule has 3 aliphatic rings. The van der Waals surface area contributed by atoms with E-state index < -0.39 is 6.08 Å².